The summed E-state index contributed by atoms with van der Waals surface area (Å²) in [6.07, 6.45) is 0.991. The van der Waals surface area contributed by atoms with Gasteiger partial charge in [0.05, 0.1) is 36.9 Å². The molecule has 0 N–H and O–H groups in total. The number of ether oxygens (including phenoxy) is 4. The van der Waals surface area contributed by atoms with E-state index < -0.39 is 34.0 Å². The standard InChI is InChI=1S/C28H50O8/c1-13-28(12,24(32)34-17-20(3)15-22(30)36-26(7,8)9)18-27(10,11)23(31)33-16-19(2)14-21(29)35-25(4,5)6/h19-20H,13-18H2,1-12H3. The topological polar surface area (TPSA) is 105 Å². The molecule has 0 aliphatic carbocycles. The molecule has 0 rings (SSSR count). The molecule has 0 aromatic carbocycles. The molecule has 0 bridgehead atoms. The maximum atomic E-state index is 13.0. The summed E-state index contributed by atoms with van der Waals surface area (Å²) >= 11 is 0. The van der Waals surface area contributed by atoms with Gasteiger partial charge in [-0.2, -0.15) is 0 Å². The van der Waals surface area contributed by atoms with Crippen LogP contribution < -0.4 is 0 Å². The average molecular weight is 515 g/mol. The molecule has 0 aromatic heterocycles. The Hall–Kier alpha value is -2.12. The summed E-state index contributed by atoms with van der Waals surface area (Å²) in [5, 5.41) is 0. The molecule has 36 heavy (non-hydrogen) atoms. The van der Waals surface area contributed by atoms with Gasteiger partial charge in [0, 0.05) is 11.8 Å². The van der Waals surface area contributed by atoms with E-state index in [-0.39, 0.29) is 56.3 Å². The first-order chi connectivity index (χ1) is 16.1. The van der Waals surface area contributed by atoms with Crippen LogP contribution in [0, 0.1) is 22.7 Å². The second-order valence-electron chi connectivity index (χ2n) is 13.0. The Bertz CT molecular complexity index is 756. The van der Waals surface area contributed by atoms with E-state index in [9.17, 15) is 19.2 Å². The fraction of sp³-hybridized carbons (Fsp3) is 0.857. The highest BCUT2D eigenvalue weighted by atomic mass is 16.6. The Morgan fingerprint density at radius 3 is 1.33 bits per heavy atom. The maximum Gasteiger partial charge on any atom is 0.311 e. The van der Waals surface area contributed by atoms with Crippen LogP contribution in [0.5, 0.6) is 0 Å². The van der Waals surface area contributed by atoms with Crippen LogP contribution in [-0.4, -0.2) is 48.3 Å². The minimum atomic E-state index is -0.947. The fourth-order valence-corrected chi connectivity index (χ4v) is 3.65. The SMILES string of the molecule is CCC(C)(CC(C)(C)C(=O)OCC(C)CC(=O)OC(C)(C)C)C(=O)OCC(C)CC(=O)OC(C)(C)C. The van der Waals surface area contributed by atoms with Gasteiger partial charge in [0.2, 0.25) is 0 Å². The lowest BCUT2D eigenvalue weighted by Crippen LogP contribution is -2.39. The number of carbonyl (C=O) groups is 4. The smallest absolute Gasteiger partial charge is 0.311 e. The minimum Gasteiger partial charge on any atom is -0.465 e. The van der Waals surface area contributed by atoms with Crippen molar-refractivity contribution < 1.29 is 38.1 Å². The molecule has 0 heterocycles. The quantitative estimate of drug-likeness (QED) is 0.230. The highest BCUT2D eigenvalue weighted by Crippen LogP contribution is 2.38. The van der Waals surface area contributed by atoms with Crippen molar-refractivity contribution in [3.63, 3.8) is 0 Å². The van der Waals surface area contributed by atoms with Gasteiger partial charge in [-0.05, 0) is 75.2 Å². The summed E-state index contributed by atoms with van der Waals surface area (Å²) < 4.78 is 21.7. The van der Waals surface area contributed by atoms with Gasteiger partial charge in [0.25, 0.3) is 0 Å². The number of hydrogen-bond acceptors (Lipinski definition) is 8. The van der Waals surface area contributed by atoms with E-state index in [0.717, 1.165) is 0 Å². The molecule has 0 aliphatic rings. The number of esters is 4. The van der Waals surface area contributed by atoms with Crippen molar-refractivity contribution in [2.75, 3.05) is 13.2 Å². The maximum absolute atomic E-state index is 13.0. The van der Waals surface area contributed by atoms with E-state index >= 15 is 0 Å². The third kappa shape index (κ3) is 13.8. The van der Waals surface area contributed by atoms with Crippen LogP contribution in [0.4, 0.5) is 0 Å². The van der Waals surface area contributed by atoms with Crippen molar-refractivity contribution in [1.82, 2.24) is 0 Å². The molecule has 0 aliphatic heterocycles. The van der Waals surface area contributed by atoms with E-state index in [1.54, 1.807) is 62.3 Å². The van der Waals surface area contributed by atoms with Crippen molar-refractivity contribution in [3.8, 4) is 0 Å². The van der Waals surface area contributed by atoms with E-state index in [4.69, 9.17) is 18.9 Å². The van der Waals surface area contributed by atoms with E-state index in [2.05, 4.69) is 0 Å². The normalized spacial score (nSPS) is 15.8. The summed E-state index contributed by atoms with van der Waals surface area (Å²) in [5.74, 6) is -1.94. The largest absolute Gasteiger partial charge is 0.465 e. The number of hydrogen-bond donors (Lipinski definition) is 0. The fourth-order valence-electron chi connectivity index (χ4n) is 3.65. The molecule has 0 aromatic rings. The van der Waals surface area contributed by atoms with Crippen molar-refractivity contribution in [1.29, 1.82) is 0 Å². The van der Waals surface area contributed by atoms with Crippen molar-refractivity contribution in [2.45, 2.75) is 120 Å². The third-order valence-corrected chi connectivity index (χ3v) is 5.53. The van der Waals surface area contributed by atoms with Crippen molar-refractivity contribution >= 4 is 23.9 Å². The summed E-state index contributed by atoms with van der Waals surface area (Å²) in [7, 11) is 0. The first-order valence-corrected chi connectivity index (χ1v) is 12.9. The Labute approximate surface area is 218 Å². The number of carbonyl (C=O) groups excluding carboxylic acids is 4. The highest BCUT2D eigenvalue weighted by molar-refractivity contribution is 5.80. The van der Waals surface area contributed by atoms with E-state index in [1.807, 2.05) is 20.8 Å². The average Bonchev–Trinajstić information content (AvgIpc) is 2.66. The zero-order valence-electron chi connectivity index (χ0n) is 24.7. The van der Waals surface area contributed by atoms with Crippen LogP contribution in [-0.2, 0) is 38.1 Å². The lowest BCUT2D eigenvalue weighted by molar-refractivity contribution is -0.167. The van der Waals surface area contributed by atoms with Gasteiger partial charge in [0.1, 0.15) is 11.2 Å². The Balaban J connectivity index is 4.89. The summed E-state index contributed by atoms with van der Waals surface area (Å²) in [6, 6.07) is 0. The first kappa shape index (κ1) is 33.9. The molecule has 0 amide bonds. The zero-order chi connectivity index (χ0) is 28.5. The van der Waals surface area contributed by atoms with Gasteiger partial charge < -0.3 is 18.9 Å². The van der Waals surface area contributed by atoms with Crippen molar-refractivity contribution in [2.24, 2.45) is 22.7 Å². The second kappa shape index (κ2) is 13.4. The molecular formula is C28H50O8. The Kier molecular flexibility index (Phi) is 12.6. The summed E-state index contributed by atoms with van der Waals surface area (Å²) in [6.45, 7) is 21.7. The summed E-state index contributed by atoms with van der Waals surface area (Å²) in [5.41, 5.74) is -2.99. The first-order valence-electron chi connectivity index (χ1n) is 12.9. The van der Waals surface area contributed by atoms with Gasteiger partial charge in [0.15, 0.2) is 0 Å². The van der Waals surface area contributed by atoms with Crippen LogP contribution in [0.15, 0.2) is 0 Å². The van der Waals surface area contributed by atoms with Crippen LogP contribution in [0.2, 0.25) is 0 Å². The van der Waals surface area contributed by atoms with E-state index in [0.29, 0.717) is 6.42 Å². The van der Waals surface area contributed by atoms with Crippen LogP contribution >= 0.6 is 0 Å². The Morgan fingerprint density at radius 1 is 0.639 bits per heavy atom. The Morgan fingerprint density at radius 2 is 1.00 bits per heavy atom. The summed E-state index contributed by atoms with van der Waals surface area (Å²) in [4.78, 5) is 49.9. The van der Waals surface area contributed by atoms with Gasteiger partial charge in [-0.3, -0.25) is 19.2 Å². The minimum absolute atomic E-state index is 0.0803. The molecule has 0 saturated heterocycles. The van der Waals surface area contributed by atoms with Gasteiger partial charge in [-0.25, -0.2) is 0 Å². The molecule has 0 fully saturated rings. The van der Waals surface area contributed by atoms with Crippen molar-refractivity contribution in [3.05, 3.63) is 0 Å². The molecule has 8 heteroatoms. The monoisotopic (exact) mass is 514 g/mol. The number of rotatable bonds is 13. The van der Waals surface area contributed by atoms with Gasteiger partial charge in [-0.1, -0.05) is 20.8 Å². The van der Waals surface area contributed by atoms with Gasteiger partial charge >= 0.3 is 23.9 Å². The lowest BCUT2D eigenvalue weighted by Gasteiger charge is -2.34. The molecule has 3 unspecified atom stereocenters. The molecule has 8 nitrogen and oxygen atoms in total. The molecule has 0 radical (unpaired) electrons. The molecule has 0 saturated carbocycles. The van der Waals surface area contributed by atoms with Crippen LogP contribution in [0.1, 0.15) is 109 Å². The molecular weight excluding hydrogens is 464 g/mol. The third-order valence-electron chi connectivity index (χ3n) is 5.53. The molecule has 3 atom stereocenters. The highest BCUT2D eigenvalue weighted by Gasteiger charge is 2.43. The molecule has 210 valence electrons. The molecule has 0 spiro atoms. The lowest BCUT2D eigenvalue weighted by atomic mass is 9.72. The zero-order valence-corrected chi connectivity index (χ0v) is 24.7. The predicted molar refractivity (Wildman–Crippen MR) is 138 cm³/mol. The second-order valence-corrected chi connectivity index (χ2v) is 13.0. The van der Waals surface area contributed by atoms with E-state index in [1.165, 1.54) is 0 Å². The van der Waals surface area contributed by atoms with Crippen LogP contribution in [0.3, 0.4) is 0 Å². The van der Waals surface area contributed by atoms with Crippen LogP contribution in [0.25, 0.3) is 0 Å². The van der Waals surface area contributed by atoms with Gasteiger partial charge in [-0.15, -0.1) is 0 Å². The predicted octanol–water partition coefficient (Wildman–Crippen LogP) is 5.64.